The van der Waals surface area contributed by atoms with Crippen molar-refractivity contribution in [2.75, 3.05) is 57.9 Å². The normalized spacial score (nSPS) is 23.3. The second kappa shape index (κ2) is 10.7. The molecular weight excluding hydrogens is 534 g/mol. The monoisotopic (exact) mass is 568 g/mol. The molecule has 2 fully saturated rings. The number of fused-ring (bicyclic) bond motifs is 1. The Bertz CT molecular complexity index is 1250. The van der Waals surface area contributed by atoms with Crippen LogP contribution in [0.15, 0.2) is 0 Å². The lowest BCUT2D eigenvalue weighted by Crippen LogP contribution is -2.43. The van der Waals surface area contributed by atoms with Gasteiger partial charge in [-0.1, -0.05) is 11.6 Å². The van der Waals surface area contributed by atoms with Crippen molar-refractivity contribution in [2.45, 2.75) is 63.8 Å². The van der Waals surface area contributed by atoms with Crippen LogP contribution in [-0.2, 0) is 4.74 Å². The first-order valence-electron chi connectivity index (χ1n) is 13.4. The number of nitrogens with zero attached hydrogens (tertiary/aromatic N) is 6. The molecule has 5 heterocycles. The molecule has 13 heteroatoms. The molecule has 0 N–H and O–H groups in total. The highest BCUT2D eigenvalue weighted by atomic mass is 35.5. The third kappa shape index (κ3) is 5.77. The van der Waals surface area contributed by atoms with Crippen molar-refractivity contribution in [1.29, 1.82) is 0 Å². The van der Waals surface area contributed by atoms with Crippen LogP contribution >= 0.6 is 11.6 Å². The van der Waals surface area contributed by atoms with Gasteiger partial charge in [0.05, 0.1) is 12.1 Å². The van der Waals surface area contributed by atoms with Crippen molar-refractivity contribution < 1.29 is 27.8 Å². The third-order valence-electron chi connectivity index (χ3n) is 7.42. The van der Waals surface area contributed by atoms with Gasteiger partial charge in [-0.25, -0.2) is 13.6 Å². The second-order valence-electron chi connectivity index (χ2n) is 11.5. The van der Waals surface area contributed by atoms with Crippen LogP contribution in [0.5, 0.6) is 11.9 Å². The summed E-state index contributed by atoms with van der Waals surface area (Å²) < 4.78 is 46.9. The van der Waals surface area contributed by atoms with Gasteiger partial charge in [-0.3, -0.25) is 4.90 Å². The summed E-state index contributed by atoms with van der Waals surface area (Å²) >= 11 is 6.10. The van der Waals surface area contributed by atoms with E-state index in [-0.39, 0.29) is 34.6 Å². The lowest BCUT2D eigenvalue weighted by atomic mass is 9.95. The van der Waals surface area contributed by atoms with E-state index in [2.05, 4.69) is 19.9 Å². The topological polar surface area (TPSA) is 93.1 Å². The number of halogens is 3. The maximum atomic E-state index is 15.3. The van der Waals surface area contributed by atoms with Gasteiger partial charge in [0.2, 0.25) is 5.88 Å². The molecule has 0 spiro atoms. The fourth-order valence-electron chi connectivity index (χ4n) is 5.57. The molecule has 0 aromatic carbocycles. The molecule has 3 aliphatic rings. The molecule has 5 rings (SSSR count). The summed E-state index contributed by atoms with van der Waals surface area (Å²) in [6, 6.07) is -0.0285. The zero-order valence-electron chi connectivity index (χ0n) is 22.8. The van der Waals surface area contributed by atoms with Crippen molar-refractivity contribution in [3.05, 3.63) is 11.0 Å². The molecule has 2 aromatic heterocycles. The zero-order chi connectivity index (χ0) is 27.9. The van der Waals surface area contributed by atoms with E-state index in [1.165, 1.54) is 4.90 Å². The van der Waals surface area contributed by atoms with Crippen LogP contribution in [0.3, 0.4) is 0 Å². The standard InChI is InChI=1S/C26H35ClF2N6O4/c1-25(2,3)39-24(36)33(4)10-11-34-8-6-12-37-22-17-19(18(29)20(27)31-22)30-23(32-21(17)34)38-15-26-7-5-9-35(26)14-16(28)13-26/h16H,5-15H2,1-4H3/t16-,26+/m1/s1. The Labute approximate surface area is 231 Å². The summed E-state index contributed by atoms with van der Waals surface area (Å²) in [6.07, 6.45) is 1.45. The Morgan fingerprint density at radius 1 is 1.26 bits per heavy atom. The first-order chi connectivity index (χ1) is 18.5. The average Bonchev–Trinajstić information content (AvgIpc) is 3.38. The van der Waals surface area contributed by atoms with Crippen LogP contribution in [0.25, 0.3) is 10.9 Å². The van der Waals surface area contributed by atoms with E-state index >= 15 is 4.39 Å². The molecule has 3 aliphatic heterocycles. The largest absolute Gasteiger partial charge is 0.477 e. The molecule has 2 saturated heterocycles. The number of aromatic nitrogens is 3. The fourth-order valence-corrected chi connectivity index (χ4v) is 5.74. The van der Waals surface area contributed by atoms with Gasteiger partial charge in [0, 0.05) is 39.6 Å². The van der Waals surface area contributed by atoms with E-state index in [4.69, 9.17) is 25.8 Å². The number of amides is 1. The Hall–Kier alpha value is -2.73. The van der Waals surface area contributed by atoms with E-state index in [9.17, 15) is 9.18 Å². The molecule has 1 amide bonds. The third-order valence-corrected chi connectivity index (χ3v) is 7.67. The average molecular weight is 569 g/mol. The van der Waals surface area contributed by atoms with Crippen LogP contribution < -0.4 is 14.4 Å². The first-order valence-corrected chi connectivity index (χ1v) is 13.7. The summed E-state index contributed by atoms with van der Waals surface area (Å²) in [4.78, 5) is 31.2. The van der Waals surface area contributed by atoms with Crippen molar-refractivity contribution in [2.24, 2.45) is 0 Å². The molecule has 39 heavy (non-hydrogen) atoms. The van der Waals surface area contributed by atoms with Crippen LogP contribution in [-0.4, -0.2) is 101 Å². The van der Waals surface area contributed by atoms with E-state index < -0.39 is 29.2 Å². The summed E-state index contributed by atoms with van der Waals surface area (Å²) in [6.45, 7) is 8.41. The van der Waals surface area contributed by atoms with Gasteiger partial charge in [0.25, 0.3) is 0 Å². The summed E-state index contributed by atoms with van der Waals surface area (Å²) in [5.74, 6) is -0.287. The van der Waals surface area contributed by atoms with Gasteiger partial charge >= 0.3 is 12.1 Å². The first kappa shape index (κ1) is 27.8. The number of alkyl halides is 1. The number of rotatable bonds is 6. The maximum Gasteiger partial charge on any atom is 0.410 e. The number of ether oxygens (including phenoxy) is 3. The van der Waals surface area contributed by atoms with Crippen LogP contribution in [0.4, 0.5) is 19.4 Å². The molecule has 10 nitrogen and oxygen atoms in total. The minimum atomic E-state index is -0.903. The Balaban J connectivity index is 1.46. The number of pyridine rings is 1. The predicted octanol–water partition coefficient (Wildman–Crippen LogP) is 4.23. The van der Waals surface area contributed by atoms with E-state index in [1.54, 1.807) is 7.05 Å². The lowest BCUT2D eigenvalue weighted by molar-refractivity contribution is 0.0303. The van der Waals surface area contributed by atoms with Crippen LogP contribution in [0, 0.1) is 5.82 Å². The van der Waals surface area contributed by atoms with Gasteiger partial charge in [0.1, 0.15) is 35.1 Å². The molecular formula is C26H35ClF2N6O4. The van der Waals surface area contributed by atoms with E-state index in [0.29, 0.717) is 51.4 Å². The van der Waals surface area contributed by atoms with Crippen molar-refractivity contribution >= 4 is 34.4 Å². The highest BCUT2D eigenvalue weighted by Crippen LogP contribution is 2.41. The van der Waals surface area contributed by atoms with Gasteiger partial charge in [-0.15, -0.1) is 0 Å². The highest BCUT2D eigenvalue weighted by molar-refractivity contribution is 6.30. The summed E-state index contributed by atoms with van der Waals surface area (Å²) in [7, 11) is 1.66. The van der Waals surface area contributed by atoms with Crippen LogP contribution in [0.1, 0.15) is 46.5 Å². The van der Waals surface area contributed by atoms with Crippen LogP contribution in [0.2, 0.25) is 5.15 Å². The van der Waals surface area contributed by atoms with Crippen molar-refractivity contribution in [3.63, 3.8) is 0 Å². The Kier molecular flexibility index (Phi) is 7.62. The molecule has 0 aliphatic carbocycles. The predicted molar refractivity (Wildman–Crippen MR) is 142 cm³/mol. The zero-order valence-corrected chi connectivity index (χ0v) is 23.6. The Morgan fingerprint density at radius 3 is 2.82 bits per heavy atom. The SMILES string of the molecule is CN(CCN1CCCOc2nc(Cl)c(F)c3nc(OC[C@@]45CCCN4C[C@H](F)C5)nc1c23)C(=O)OC(C)(C)C. The fraction of sp³-hybridized carbons (Fsp3) is 0.692. The van der Waals surface area contributed by atoms with Gasteiger partial charge in [0.15, 0.2) is 11.0 Å². The number of hydrogen-bond acceptors (Lipinski definition) is 9. The number of carbonyl (C=O) groups is 1. The summed E-state index contributed by atoms with van der Waals surface area (Å²) in [5, 5.41) is -0.0734. The van der Waals surface area contributed by atoms with E-state index in [1.807, 2.05) is 25.7 Å². The maximum absolute atomic E-state index is 15.3. The van der Waals surface area contributed by atoms with Gasteiger partial charge in [-0.05, 0) is 46.6 Å². The number of hydrogen-bond donors (Lipinski definition) is 0. The van der Waals surface area contributed by atoms with Crippen molar-refractivity contribution in [1.82, 2.24) is 24.8 Å². The Morgan fingerprint density at radius 2 is 2.05 bits per heavy atom. The molecule has 0 radical (unpaired) electrons. The number of carbonyl (C=O) groups excluding carboxylic acids is 1. The van der Waals surface area contributed by atoms with Crippen molar-refractivity contribution in [3.8, 4) is 11.9 Å². The number of likely N-dealkylation sites (N-methyl/N-ethyl adjacent to an activating group) is 1. The second-order valence-corrected chi connectivity index (χ2v) is 11.9. The van der Waals surface area contributed by atoms with Gasteiger partial charge < -0.3 is 24.0 Å². The molecule has 0 bridgehead atoms. The van der Waals surface area contributed by atoms with E-state index in [0.717, 1.165) is 19.4 Å². The molecule has 0 unspecified atom stereocenters. The smallest absolute Gasteiger partial charge is 0.410 e. The molecule has 214 valence electrons. The minimum absolute atomic E-state index is 0.0285. The molecule has 0 saturated carbocycles. The number of anilines is 1. The van der Waals surface area contributed by atoms with Gasteiger partial charge in [-0.2, -0.15) is 15.0 Å². The lowest BCUT2D eigenvalue weighted by Gasteiger charge is -2.32. The molecule has 2 aromatic rings. The quantitative estimate of drug-likeness (QED) is 0.475. The highest BCUT2D eigenvalue weighted by Gasteiger charge is 2.49. The molecule has 2 atom stereocenters. The summed E-state index contributed by atoms with van der Waals surface area (Å²) in [5.41, 5.74) is -1.10. The minimum Gasteiger partial charge on any atom is -0.477 e.